The maximum atomic E-state index is 11.9. The number of hydrogen-bond donors (Lipinski definition) is 1. The molecule has 0 unspecified atom stereocenters. The molecule has 0 amide bonds. The van der Waals surface area contributed by atoms with Crippen LogP contribution in [-0.4, -0.2) is 22.8 Å². The Kier molecular flexibility index (Phi) is 2.60. The van der Waals surface area contributed by atoms with Crippen LogP contribution in [0.3, 0.4) is 0 Å². The maximum Gasteiger partial charge on any atom is 0.334 e. The van der Waals surface area contributed by atoms with Gasteiger partial charge in [-0.2, -0.15) is 0 Å². The monoisotopic (exact) mass is 250 g/mol. The van der Waals surface area contributed by atoms with Gasteiger partial charge in [-0.3, -0.25) is 0 Å². The van der Waals surface area contributed by atoms with Gasteiger partial charge in [0.05, 0.1) is 5.60 Å². The minimum absolute atomic E-state index is 0.226. The van der Waals surface area contributed by atoms with Gasteiger partial charge < -0.3 is 9.84 Å². The average Bonchev–Trinajstić information content (AvgIpc) is 2.31. The molecule has 3 aliphatic rings. The number of carbonyl (C=O) groups is 1. The van der Waals surface area contributed by atoms with Crippen LogP contribution in [0.1, 0.15) is 39.5 Å². The molecule has 2 saturated carbocycles. The molecule has 0 aromatic heterocycles. The van der Waals surface area contributed by atoms with Crippen molar-refractivity contribution in [3.05, 3.63) is 12.2 Å². The minimum atomic E-state index is -0.868. The second-order valence-corrected chi connectivity index (χ2v) is 6.65. The first-order valence-electron chi connectivity index (χ1n) is 7.04. The van der Waals surface area contributed by atoms with Crippen LogP contribution in [-0.2, 0) is 9.53 Å². The molecule has 0 aromatic rings. The second-order valence-electron chi connectivity index (χ2n) is 6.65. The highest BCUT2D eigenvalue weighted by molar-refractivity contribution is 5.89. The fraction of sp³-hybridized carbons (Fsp3) is 0.800. The second kappa shape index (κ2) is 3.83. The average molecular weight is 250 g/mol. The Morgan fingerprint density at radius 3 is 2.83 bits per heavy atom. The van der Waals surface area contributed by atoms with Gasteiger partial charge in [0.2, 0.25) is 0 Å². The molecule has 3 rings (SSSR count). The zero-order valence-electron chi connectivity index (χ0n) is 11.2. The Hall–Kier alpha value is -0.830. The summed E-state index contributed by atoms with van der Waals surface area (Å²) in [6, 6.07) is 0. The van der Waals surface area contributed by atoms with E-state index in [1.54, 1.807) is 0 Å². The van der Waals surface area contributed by atoms with Crippen molar-refractivity contribution in [1.29, 1.82) is 0 Å². The zero-order chi connectivity index (χ0) is 13.1. The molecule has 3 nitrogen and oxygen atoms in total. The third-order valence-electron chi connectivity index (χ3n) is 5.51. The fourth-order valence-corrected chi connectivity index (χ4v) is 4.41. The molecule has 0 aromatic carbocycles. The predicted octanol–water partition coefficient (Wildman–Crippen LogP) is 2.29. The van der Waals surface area contributed by atoms with Crippen LogP contribution in [0.2, 0.25) is 0 Å². The molecule has 1 heterocycles. The Balaban J connectivity index is 2.00. The summed E-state index contributed by atoms with van der Waals surface area (Å²) < 4.78 is 5.51. The number of carbonyl (C=O) groups excluding carboxylic acids is 1. The molecule has 0 spiro atoms. The summed E-state index contributed by atoms with van der Waals surface area (Å²) in [5.41, 5.74) is -0.238. The van der Waals surface area contributed by atoms with Crippen LogP contribution < -0.4 is 0 Å². The number of esters is 1. The van der Waals surface area contributed by atoms with Crippen molar-refractivity contribution in [3.63, 3.8) is 0 Å². The topological polar surface area (TPSA) is 46.5 Å². The van der Waals surface area contributed by atoms with Crippen LogP contribution in [0.5, 0.6) is 0 Å². The third kappa shape index (κ3) is 1.56. The van der Waals surface area contributed by atoms with E-state index < -0.39 is 5.60 Å². The fourth-order valence-electron chi connectivity index (χ4n) is 4.41. The Morgan fingerprint density at radius 2 is 2.11 bits per heavy atom. The first-order chi connectivity index (χ1) is 8.42. The highest BCUT2D eigenvalue weighted by Crippen LogP contribution is 2.54. The lowest BCUT2D eigenvalue weighted by molar-refractivity contribution is -0.204. The largest absolute Gasteiger partial charge is 0.456 e. The van der Waals surface area contributed by atoms with Gasteiger partial charge in [0.15, 0.2) is 0 Å². The van der Waals surface area contributed by atoms with Crippen molar-refractivity contribution in [2.45, 2.75) is 51.2 Å². The van der Waals surface area contributed by atoms with E-state index in [1.807, 2.05) is 6.92 Å². The summed E-state index contributed by atoms with van der Waals surface area (Å²) in [7, 11) is 0. The lowest BCUT2D eigenvalue weighted by Gasteiger charge is -2.55. The van der Waals surface area contributed by atoms with E-state index >= 15 is 0 Å². The lowest BCUT2D eigenvalue weighted by Crippen LogP contribution is -2.60. The van der Waals surface area contributed by atoms with Crippen LogP contribution in [0.25, 0.3) is 0 Å². The molecule has 3 fully saturated rings. The van der Waals surface area contributed by atoms with Crippen molar-refractivity contribution >= 4 is 5.97 Å². The molecule has 6 atom stereocenters. The van der Waals surface area contributed by atoms with E-state index in [4.69, 9.17) is 4.74 Å². The van der Waals surface area contributed by atoms with Crippen molar-refractivity contribution in [2.75, 3.05) is 0 Å². The Labute approximate surface area is 108 Å². The first kappa shape index (κ1) is 12.2. The maximum absolute atomic E-state index is 11.9. The van der Waals surface area contributed by atoms with Crippen molar-refractivity contribution < 1.29 is 14.6 Å². The molecule has 18 heavy (non-hydrogen) atoms. The Bertz CT molecular complexity index is 399. The summed E-state index contributed by atoms with van der Waals surface area (Å²) >= 11 is 0. The molecule has 0 bridgehead atoms. The lowest BCUT2D eigenvalue weighted by atomic mass is 9.55. The van der Waals surface area contributed by atoms with Crippen LogP contribution in [0.4, 0.5) is 0 Å². The quantitative estimate of drug-likeness (QED) is 0.530. The van der Waals surface area contributed by atoms with Gasteiger partial charge in [-0.05, 0) is 50.4 Å². The first-order valence-corrected chi connectivity index (χ1v) is 7.04. The summed E-state index contributed by atoms with van der Waals surface area (Å²) in [5, 5.41) is 10.5. The molecular weight excluding hydrogens is 228 g/mol. The summed E-state index contributed by atoms with van der Waals surface area (Å²) in [6.45, 7) is 8.02. The molecule has 0 radical (unpaired) electrons. The Morgan fingerprint density at radius 1 is 1.39 bits per heavy atom. The smallest absolute Gasteiger partial charge is 0.334 e. The van der Waals surface area contributed by atoms with Gasteiger partial charge in [-0.25, -0.2) is 4.79 Å². The van der Waals surface area contributed by atoms with E-state index in [9.17, 15) is 9.90 Å². The van der Waals surface area contributed by atoms with Crippen LogP contribution in [0.15, 0.2) is 12.2 Å². The van der Waals surface area contributed by atoms with Gasteiger partial charge in [-0.15, -0.1) is 0 Å². The number of ether oxygens (including phenoxy) is 1. The molecule has 3 heteroatoms. The van der Waals surface area contributed by atoms with Gasteiger partial charge >= 0.3 is 5.97 Å². The highest BCUT2D eigenvalue weighted by Gasteiger charge is 2.57. The van der Waals surface area contributed by atoms with Gasteiger partial charge in [0, 0.05) is 11.5 Å². The summed E-state index contributed by atoms with van der Waals surface area (Å²) in [4.78, 5) is 11.9. The standard InChI is InChI=1S/C15H22O3/c1-8-4-5-11-9(2)14(16)18-13-12(11)10(8)6-7-15(13,3)17/h8,10-13,17H,2,4-7H2,1,3H3/t8-,10+,11+,12-,13-,15+/m1/s1. The van der Waals surface area contributed by atoms with Crippen molar-refractivity contribution in [1.82, 2.24) is 0 Å². The zero-order valence-corrected chi connectivity index (χ0v) is 11.2. The minimum Gasteiger partial charge on any atom is -0.456 e. The number of rotatable bonds is 0. The molecule has 100 valence electrons. The van der Waals surface area contributed by atoms with Gasteiger partial charge in [0.25, 0.3) is 0 Å². The van der Waals surface area contributed by atoms with E-state index in [2.05, 4.69) is 13.5 Å². The van der Waals surface area contributed by atoms with E-state index in [-0.39, 0.29) is 23.9 Å². The molecular formula is C15H22O3. The molecule has 2 aliphatic carbocycles. The molecule has 1 saturated heterocycles. The van der Waals surface area contributed by atoms with Gasteiger partial charge in [-0.1, -0.05) is 13.5 Å². The normalized spacial score (nSPS) is 51.6. The van der Waals surface area contributed by atoms with E-state index in [1.165, 1.54) is 0 Å². The van der Waals surface area contributed by atoms with Crippen molar-refractivity contribution in [2.24, 2.45) is 23.7 Å². The third-order valence-corrected chi connectivity index (χ3v) is 5.51. The van der Waals surface area contributed by atoms with Crippen molar-refractivity contribution in [3.8, 4) is 0 Å². The van der Waals surface area contributed by atoms with Crippen LogP contribution in [0, 0.1) is 23.7 Å². The van der Waals surface area contributed by atoms with E-state index in [0.717, 1.165) is 25.7 Å². The summed E-state index contributed by atoms with van der Waals surface area (Å²) in [6.07, 6.45) is 3.62. The SMILES string of the molecule is C=C1C(=O)O[C@@H]2[C@@H]3[C@@H](CC[C@]2(C)O)[C@H](C)CC[C@@H]13. The van der Waals surface area contributed by atoms with Gasteiger partial charge in [0.1, 0.15) is 6.10 Å². The highest BCUT2D eigenvalue weighted by atomic mass is 16.6. The van der Waals surface area contributed by atoms with E-state index in [0.29, 0.717) is 17.4 Å². The number of aliphatic hydroxyl groups is 1. The molecule has 1 aliphatic heterocycles. The number of hydrogen-bond acceptors (Lipinski definition) is 3. The predicted molar refractivity (Wildman–Crippen MR) is 67.7 cm³/mol. The molecule has 1 N–H and O–H groups in total. The van der Waals surface area contributed by atoms with Crippen LogP contribution >= 0.6 is 0 Å². The summed E-state index contributed by atoms with van der Waals surface area (Å²) in [5.74, 6) is 1.44.